The molecule has 3 aromatic heterocycles. The lowest BCUT2D eigenvalue weighted by molar-refractivity contribution is 1.18. The third kappa shape index (κ3) is 6.31. The Kier molecular flexibility index (Phi) is 9.44. The van der Waals surface area contributed by atoms with E-state index in [1.165, 1.54) is 107 Å². The van der Waals surface area contributed by atoms with Crippen molar-refractivity contribution < 1.29 is 0 Å². The highest BCUT2D eigenvalue weighted by Gasteiger charge is 2.42. The maximum absolute atomic E-state index is 2.96. The van der Waals surface area contributed by atoms with Crippen molar-refractivity contribution in [2.24, 2.45) is 0 Å². The van der Waals surface area contributed by atoms with Gasteiger partial charge in [0, 0.05) is 53.1 Å². The van der Waals surface area contributed by atoms with Crippen LogP contribution in [0.15, 0.2) is 267 Å². The van der Waals surface area contributed by atoms with Gasteiger partial charge in [0.05, 0.1) is 22.1 Å². The van der Waals surface area contributed by atoms with E-state index in [1.807, 2.05) is 11.3 Å². The average molecular weight is 925 g/mol. The van der Waals surface area contributed by atoms with Crippen molar-refractivity contribution in [3.05, 3.63) is 267 Å². The van der Waals surface area contributed by atoms with E-state index in [-0.39, 0.29) is 0 Å². The minimum atomic E-state index is -2.96. The first kappa shape index (κ1) is 40.5. The molecule has 4 heteroatoms. The number of fused-ring (bicyclic) bond motifs is 9. The number of hydrogen-bond acceptors (Lipinski definition) is 1. The molecule has 11 aromatic carbocycles. The SMILES string of the molecule is c1ccc([Si](c2ccccc2)(c2cccc(-c3ccc4sc5ccccc5c4c3)c2)c2cccc(-n3c4ccccc4c4cc(-c5cccc(-n6c7ccccc7c7ccccc76)c5)ccc43)c2)cc1. The molecule has 2 nitrogen and oxygen atoms in total. The van der Waals surface area contributed by atoms with Crippen LogP contribution in [0, 0.1) is 0 Å². The molecule has 0 aliphatic carbocycles. The Morgan fingerprint density at radius 3 is 1.30 bits per heavy atom. The van der Waals surface area contributed by atoms with Crippen LogP contribution in [-0.2, 0) is 0 Å². The molecule has 0 spiro atoms. The van der Waals surface area contributed by atoms with E-state index < -0.39 is 8.07 Å². The summed E-state index contributed by atoms with van der Waals surface area (Å²) in [5, 5.41) is 13.0. The van der Waals surface area contributed by atoms with Gasteiger partial charge >= 0.3 is 0 Å². The fraction of sp³-hybridized carbons (Fsp3) is 0. The summed E-state index contributed by atoms with van der Waals surface area (Å²) in [5.41, 5.74) is 12.0. The molecule has 0 saturated heterocycles. The summed E-state index contributed by atoms with van der Waals surface area (Å²) in [6, 6.07) is 99.8. The highest BCUT2D eigenvalue weighted by atomic mass is 32.1. The fourth-order valence-electron chi connectivity index (χ4n) is 11.5. The molecular formula is C66H44N2SSi. The van der Waals surface area contributed by atoms with Crippen LogP contribution in [0.1, 0.15) is 0 Å². The largest absolute Gasteiger partial charge is 0.309 e. The van der Waals surface area contributed by atoms with Crippen molar-refractivity contribution in [2.75, 3.05) is 0 Å². The van der Waals surface area contributed by atoms with Gasteiger partial charge in [0.1, 0.15) is 0 Å². The van der Waals surface area contributed by atoms with E-state index in [2.05, 4.69) is 276 Å². The Bertz CT molecular complexity index is 4220. The third-order valence-electron chi connectivity index (χ3n) is 14.6. The summed E-state index contributed by atoms with van der Waals surface area (Å²) in [7, 11) is -2.96. The molecule has 0 unspecified atom stereocenters. The second kappa shape index (κ2) is 16.3. The van der Waals surface area contributed by atoms with Gasteiger partial charge in [-0.2, -0.15) is 0 Å². The van der Waals surface area contributed by atoms with E-state index in [0.29, 0.717) is 0 Å². The summed E-state index contributed by atoms with van der Waals surface area (Å²) >= 11 is 1.87. The molecule has 70 heavy (non-hydrogen) atoms. The summed E-state index contributed by atoms with van der Waals surface area (Å²) in [4.78, 5) is 0. The van der Waals surface area contributed by atoms with Crippen LogP contribution in [0.25, 0.3) is 97.4 Å². The first-order chi connectivity index (χ1) is 34.7. The van der Waals surface area contributed by atoms with E-state index in [9.17, 15) is 0 Å². The highest BCUT2D eigenvalue weighted by Crippen LogP contribution is 2.39. The van der Waals surface area contributed by atoms with Crippen LogP contribution in [-0.4, -0.2) is 17.2 Å². The quantitative estimate of drug-likeness (QED) is 0.106. The number of hydrogen-bond donors (Lipinski definition) is 0. The first-order valence-electron chi connectivity index (χ1n) is 24.1. The topological polar surface area (TPSA) is 9.86 Å². The van der Waals surface area contributed by atoms with Gasteiger partial charge < -0.3 is 9.13 Å². The number of para-hydroxylation sites is 3. The van der Waals surface area contributed by atoms with Crippen molar-refractivity contribution in [3.63, 3.8) is 0 Å². The van der Waals surface area contributed by atoms with E-state index >= 15 is 0 Å². The number of nitrogens with zero attached hydrogens (tertiary/aromatic N) is 2. The van der Waals surface area contributed by atoms with Crippen molar-refractivity contribution in [3.8, 4) is 33.6 Å². The summed E-state index contributed by atoms with van der Waals surface area (Å²) in [6.45, 7) is 0. The predicted molar refractivity (Wildman–Crippen MR) is 302 cm³/mol. The molecule has 3 heterocycles. The second-order valence-electron chi connectivity index (χ2n) is 18.4. The lowest BCUT2D eigenvalue weighted by atomic mass is 10.0. The predicted octanol–water partition coefficient (Wildman–Crippen LogP) is 15.0. The Labute approximate surface area is 411 Å². The minimum absolute atomic E-state index is 1.15. The molecule has 0 saturated carbocycles. The monoisotopic (exact) mass is 924 g/mol. The van der Waals surface area contributed by atoms with Crippen molar-refractivity contribution in [2.45, 2.75) is 0 Å². The van der Waals surface area contributed by atoms with Crippen LogP contribution in [0.2, 0.25) is 0 Å². The van der Waals surface area contributed by atoms with Crippen LogP contribution in [0.3, 0.4) is 0 Å². The fourth-order valence-corrected chi connectivity index (χ4v) is 17.4. The van der Waals surface area contributed by atoms with E-state index in [1.54, 1.807) is 0 Å². The zero-order chi connectivity index (χ0) is 46.2. The van der Waals surface area contributed by atoms with Crippen molar-refractivity contribution in [1.82, 2.24) is 9.13 Å². The highest BCUT2D eigenvalue weighted by molar-refractivity contribution is 7.25. The molecule has 0 amide bonds. The zero-order valence-corrected chi connectivity index (χ0v) is 40.0. The number of benzene rings is 11. The Balaban J connectivity index is 0.937. The summed E-state index contributed by atoms with van der Waals surface area (Å²) in [5.74, 6) is 0. The second-order valence-corrected chi connectivity index (χ2v) is 23.3. The van der Waals surface area contributed by atoms with Crippen LogP contribution >= 0.6 is 11.3 Å². The first-order valence-corrected chi connectivity index (χ1v) is 26.9. The van der Waals surface area contributed by atoms with Gasteiger partial charge in [-0.05, 0) is 116 Å². The lowest BCUT2D eigenvalue weighted by Crippen LogP contribution is -2.74. The molecule has 0 atom stereocenters. The Morgan fingerprint density at radius 2 is 0.657 bits per heavy atom. The van der Waals surface area contributed by atoms with Gasteiger partial charge in [-0.1, -0.05) is 194 Å². The molecule has 14 rings (SSSR count). The molecular weight excluding hydrogens is 881 g/mol. The van der Waals surface area contributed by atoms with Gasteiger partial charge in [-0.3, -0.25) is 0 Å². The molecule has 0 N–H and O–H groups in total. The summed E-state index contributed by atoms with van der Waals surface area (Å²) < 4.78 is 7.54. The number of rotatable bonds is 8. The lowest BCUT2D eigenvalue weighted by Gasteiger charge is -2.35. The van der Waals surface area contributed by atoms with E-state index in [0.717, 1.165) is 11.4 Å². The molecule has 0 bridgehead atoms. The van der Waals surface area contributed by atoms with Crippen molar-refractivity contribution in [1.29, 1.82) is 0 Å². The maximum atomic E-state index is 2.50. The molecule has 328 valence electrons. The maximum Gasteiger partial charge on any atom is 0.179 e. The van der Waals surface area contributed by atoms with Gasteiger partial charge in [0.2, 0.25) is 0 Å². The smallest absolute Gasteiger partial charge is 0.179 e. The summed E-state index contributed by atoms with van der Waals surface area (Å²) in [6.07, 6.45) is 0. The Hall–Kier alpha value is -8.54. The standard InChI is InChI=1S/C66H44N2SSi/c1-3-22-51(23-4-1)70(52-24-5-2-6-25-52,53-26-16-19-46(41-53)48-37-39-66-60(43-48)58-31-10-14-35-65(58)69-66)54-27-17-21-50(44-54)68-63-34-13-9-30-57(63)59-42-47(36-38-64(59)68)45-18-15-20-49(40-45)67-61-32-11-7-28-55(61)56-29-8-12-33-62(56)67/h1-44H. The van der Waals surface area contributed by atoms with E-state index in [4.69, 9.17) is 0 Å². The van der Waals surface area contributed by atoms with Crippen LogP contribution in [0.4, 0.5) is 0 Å². The molecule has 0 radical (unpaired) electrons. The van der Waals surface area contributed by atoms with Crippen molar-refractivity contribution >= 4 is 104 Å². The molecule has 0 aliphatic rings. The normalized spacial score (nSPS) is 12.0. The number of aromatic nitrogens is 2. The zero-order valence-electron chi connectivity index (χ0n) is 38.2. The minimum Gasteiger partial charge on any atom is -0.309 e. The number of thiophene rings is 1. The van der Waals surface area contributed by atoms with Crippen LogP contribution in [0.5, 0.6) is 0 Å². The van der Waals surface area contributed by atoms with Gasteiger partial charge in [0.15, 0.2) is 8.07 Å². The Morgan fingerprint density at radius 1 is 0.243 bits per heavy atom. The molecule has 14 aromatic rings. The molecule has 0 aliphatic heterocycles. The average Bonchev–Trinajstić information content (AvgIpc) is 4.09. The molecule has 0 fully saturated rings. The van der Waals surface area contributed by atoms with Gasteiger partial charge in [0.25, 0.3) is 0 Å². The third-order valence-corrected chi connectivity index (χ3v) is 20.6. The van der Waals surface area contributed by atoms with Crippen LogP contribution < -0.4 is 20.7 Å². The van der Waals surface area contributed by atoms with Gasteiger partial charge in [-0.15, -0.1) is 11.3 Å². The van der Waals surface area contributed by atoms with Gasteiger partial charge in [-0.25, -0.2) is 0 Å².